The fourth-order valence-electron chi connectivity index (χ4n) is 2.21. The van der Waals surface area contributed by atoms with Crippen LogP contribution in [-0.2, 0) is 0 Å². The Morgan fingerprint density at radius 2 is 1.07 bits per heavy atom. The van der Waals surface area contributed by atoms with Crippen LogP contribution in [0.5, 0.6) is 23.3 Å². The number of nitrogens with one attached hydrogen (secondary N) is 2. The average Bonchev–Trinajstić information content (AvgIpc) is 2.66. The van der Waals surface area contributed by atoms with E-state index in [4.69, 9.17) is 55.0 Å². The first-order valence-electron chi connectivity index (χ1n) is 7.94. The molecule has 0 aliphatic carbocycles. The van der Waals surface area contributed by atoms with Crippen LogP contribution >= 0.6 is 23.2 Å². The van der Waals surface area contributed by atoms with Crippen molar-refractivity contribution in [2.45, 2.75) is 0 Å². The standard InChI is InChI=1S/C19H15Cl2N5O2/c20-14-9-15(21)19(28-13-7-3-11(4-8-13)17(24)25)26-18(14)27-12-5-1-10(2-6-12)16(22)23/h1-9H,(H3,22,23)(H3,24,25). The van der Waals surface area contributed by atoms with Crippen molar-refractivity contribution in [2.24, 2.45) is 11.5 Å². The van der Waals surface area contributed by atoms with Crippen molar-refractivity contribution in [1.29, 1.82) is 10.8 Å². The molecule has 0 aliphatic rings. The van der Waals surface area contributed by atoms with Crippen LogP contribution in [0.25, 0.3) is 0 Å². The Hall–Kier alpha value is -3.29. The molecule has 2 aromatic carbocycles. The summed E-state index contributed by atoms with van der Waals surface area (Å²) < 4.78 is 11.4. The Morgan fingerprint density at radius 3 is 1.39 bits per heavy atom. The van der Waals surface area contributed by atoms with Gasteiger partial charge in [-0.1, -0.05) is 23.2 Å². The number of hydrogen-bond acceptors (Lipinski definition) is 5. The number of halogens is 2. The van der Waals surface area contributed by atoms with Crippen molar-refractivity contribution in [2.75, 3.05) is 0 Å². The molecule has 1 aromatic heterocycles. The number of amidine groups is 2. The summed E-state index contributed by atoms with van der Waals surface area (Å²) in [5.74, 6) is 1.05. The highest BCUT2D eigenvalue weighted by molar-refractivity contribution is 6.36. The minimum atomic E-state index is -0.0410. The Morgan fingerprint density at radius 1 is 0.714 bits per heavy atom. The van der Waals surface area contributed by atoms with E-state index in [1.807, 2.05) is 0 Å². The maximum Gasteiger partial charge on any atom is 0.241 e. The number of ether oxygens (including phenoxy) is 2. The smallest absolute Gasteiger partial charge is 0.241 e. The topological polar surface area (TPSA) is 131 Å². The van der Waals surface area contributed by atoms with E-state index in [1.165, 1.54) is 6.07 Å². The summed E-state index contributed by atoms with van der Waals surface area (Å²) in [5, 5.41) is 15.2. The van der Waals surface area contributed by atoms with Gasteiger partial charge in [0.25, 0.3) is 0 Å². The third kappa shape index (κ3) is 4.51. The van der Waals surface area contributed by atoms with Crippen LogP contribution in [0.4, 0.5) is 0 Å². The van der Waals surface area contributed by atoms with Gasteiger partial charge in [-0.3, -0.25) is 10.8 Å². The lowest BCUT2D eigenvalue weighted by Crippen LogP contribution is -2.10. The minimum absolute atomic E-state index is 0.0410. The molecule has 0 spiro atoms. The summed E-state index contributed by atoms with van der Waals surface area (Å²) in [5.41, 5.74) is 12.0. The largest absolute Gasteiger partial charge is 0.437 e. The molecule has 3 rings (SSSR count). The highest BCUT2D eigenvalue weighted by Gasteiger charge is 2.14. The van der Waals surface area contributed by atoms with E-state index in [0.29, 0.717) is 22.6 Å². The van der Waals surface area contributed by atoms with E-state index < -0.39 is 0 Å². The summed E-state index contributed by atoms with van der Waals surface area (Å²) in [6.07, 6.45) is 0. The molecule has 0 aliphatic heterocycles. The molecule has 28 heavy (non-hydrogen) atoms. The molecule has 0 saturated heterocycles. The molecule has 1 heterocycles. The van der Waals surface area contributed by atoms with E-state index in [9.17, 15) is 0 Å². The molecule has 6 N–H and O–H groups in total. The molecule has 0 bridgehead atoms. The zero-order chi connectivity index (χ0) is 20.3. The number of nitrogen functional groups attached to an aromatic ring is 2. The molecular weight excluding hydrogens is 401 g/mol. The molecule has 0 fully saturated rings. The molecule has 0 radical (unpaired) electrons. The fourth-order valence-corrected chi connectivity index (χ4v) is 2.64. The van der Waals surface area contributed by atoms with Gasteiger partial charge < -0.3 is 20.9 Å². The predicted octanol–water partition coefficient (Wildman–Crippen LogP) is 4.54. The van der Waals surface area contributed by atoms with Crippen LogP contribution in [0.1, 0.15) is 11.1 Å². The molecule has 9 heteroatoms. The SMILES string of the molecule is N=C(N)c1ccc(Oc2nc(Oc3ccc(C(=N)N)cc3)c(Cl)cc2Cl)cc1. The third-order valence-corrected chi connectivity index (χ3v) is 4.17. The minimum Gasteiger partial charge on any atom is -0.437 e. The maximum absolute atomic E-state index is 7.41. The lowest BCUT2D eigenvalue weighted by atomic mass is 10.2. The highest BCUT2D eigenvalue weighted by atomic mass is 35.5. The van der Waals surface area contributed by atoms with Crippen molar-refractivity contribution < 1.29 is 9.47 Å². The van der Waals surface area contributed by atoms with Gasteiger partial charge in [0.2, 0.25) is 11.8 Å². The molecule has 0 saturated carbocycles. The van der Waals surface area contributed by atoms with E-state index >= 15 is 0 Å². The maximum atomic E-state index is 7.41. The van der Waals surface area contributed by atoms with E-state index in [1.54, 1.807) is 48.5 Å². The Labute approximate surface area is 170 Å². The second kappa shape index (κ2) is 8.16. The van der Waals surface area contributed by atoms with Crippen LogP contribution in [0.2, 0.25) is 10.0 Å². The van der Waals surface area contributed by atoms with Gasteiger partial charge in [0.15, 0.2) is 0 Å². The van der Waals surface area contributed by atoms with E-state index in [0.717, 1.165) is 0 Å². The molecule has 3 aromatic rings. The second-order valence-corrected chi connectivity index (χ2v) is 6.46. The van der Waals surface area contributed by atoms with Crippen molar-refractivity contribution in [3.8, 4) is 23.3 Å². The first-order valence-corrected chi connectivity index (χ1v) is 8.70. The summed E-state index contributed by atoms with van der Waals surface area (Å²) in [6.45, 7) is 0. The Kier molecular flexibility index (Phi) is 5.67. The summed E-state index contributed by atoms with van der Waals surface area (Å²) in [7, 11) is 0. The van der Waals surface area contributed by atoms with E-state index in [2.05, 4.69) is 4.98 Å². The predicted molar refractivity (Wildman–Crippen MR) is 109 cm³/mol. The van der Waals surface area contributed by atoms with Gasteiger partial charge in [-0.25, -0.2) is 0 Å². The third-order valence-electron chi connectivity index (χ3n) is 3.62. The van der Waals surface area contributed by atoms with Crippen molar-refractivity contribution in [3.63, 3.8) is 0 Å². The first kappa shape index (κ1) is 19.5. The number of hydrogen-bond donors (Lipinski definition) is 4. The lowest BCUT2D eigenvalue weighted by Gasteiger charge is -2.11. The van der Waals surface area contributed by atoms with Gasteiger partial charge in [-0.15, -0.1) is 0 Å². The van der Waals surface area contributed by atoms with Gasteiger partial charge in [-0.2, -0.15) is 4.98 Å². The summed E-state index contributed by atoms with van der Waals surface area (Å²) >= 11 is 12.3. The normalized spacial score (nSPS) is 10.4. The van der Waals surface area contributed by atoms with E-state index in [-0.39, 0.29) is 33.5 Å². The number of nitrogens with zero attached hydrogens (tertiary/aromatic N) is 1. The summed E-state index contributed by atoms with van der Waals surface area (Å²) in [6, 6.07) is 14.6. The second-order valence-electron chi connectivity index (χ2n) is 5.64. The molecular formula is C19H15Cl2N5O2. The number of nitrogens with two attached hydrogens (primary N) is 2. The van der Waals surface area contributed by atoms with Crippen LogP contribution in [0, 0.1) is 10.8 Å². The number of rotatable bonds is 6. The van der Waals surface area contributed by atoms with Gasteiger partial charge in [0.05, 0.1) is 0 Å². The number of pyridine rings is 1. The Bertz CT molecular complexity index is 957. The first-order chi connectivity index (χ1) is 13.3. The molecule has 7 nitrogen and oxygen atoms in total. The lowest BCUT2D eigenvalue weighted by molar-refractivity contribution is 0.426. The van der Waals surface area contributed by atoms with Crippen LogP contribution in [-0.4, -0.2) is 16.7 Å². The van der Waals surface area contributed by atoms with Gasteiger partial charge in [0.1, 0.15) is 33.2 Å². The van der Waals surface area contributed by atoms with Gasteiger partial charge in [0, 0.05) is 11.1 Å². The van der Waals surface area contributed by atoms with Crippen molar-refractivity contribution in [1.82, 2.24) is 4.98 Å². The quantitative estimate of drug-likeness (QED) is 0.346. The Balaban J connectivity index is 1.83. The van der Waals surface area contributed by atoms with Gasteiger partial charge in [-0.05, 0) is 54.6 Å². The monoisotopic (exact) mass is 415 g/mol. The zero-order valence-corrected chi connectivity index (χ0v) is 15.9. The van der Waals surface area contributed by atoms with Gasteiger partial charge >= 0.3 is 0 Å². The molecule has 0 amide bonds. The number of benzene rings is 2. The highest BCUT2D eigenvalue weighted by Crippen LogP contribution is 2.36. The molecule has 0 unspecified atom stereocenters. The van der Waals surface area contributed by atoms with Crippen LogP contribution < -0.4 is 20.9 Å². The molecule has 142 valence electrons. The van der Waals surface area contributed by atoms with Crippen molar-refractivity contribution in [3.05, 3.63) is 75.8 Å². The molecule has 0 atom stereocenters. The zero-order valence-electron chi connectivity index (χ0n) is 14.4. The number of aromatic nitrogens is 1. The van der Waals surface area contributed by atoms with Crippen LogP contribution in [0.15, 0.2) is 54.6 Å². The summed E-state index contributed by atoms with van der Waals surface area (Å²) in [4.78, 5) is 4.24. The average molecular weight is 416 g/mol. The fraction of sp³-hybridized carbons (Fsp3) is 0. The van der Waals surface area contributed by atoms with Crippen molar-refractivity contribution >= 4 is 34.9 Å². The van der Waals surface area contributed by atoms with Crippen LogP contribution in [0.3, 0.4) is 0 Å².